The summed E-state index contributed by atoms with van der Waals surface area (Å²) in [4.78, 5) is 23.5. The number of carbonyl (C=O) groups is 2. The van der Waals surface area contributed by atoms with Crippen molar-refractivity contribution in [1.29, 1.82) is 0 Å². The van der Waals surface area contributed by atoms with E-state index in [0.717, 1.165) is 17.7 Å². The van der Waals surface area contributed by atoms with Crippen molar-refractivity contribution >= 4 is 17.5 Å². The normalized spacial score (nSPS) is 14.9. The summed E-state index contributed by atoms with van der Waals surface area (Å²) >= 11 is 0. The van der Waals surface area contributed by atoms with Crippen LogP contribution in [0, 0.1) is 5.92 Å². The minimum absolute atomic E-state index is 0.0228. The fraction of sp³-hybridized carbons (Fsp3) is 0.467. The third kappa shape index (κ3) is 3.36. The van der Waals surface area contributed by atoms with E-state index < -0.39 is 0 Å². The van der Waals surface area contributed by atoms with Crippen molar-refractivity contribution in [3.8, 4) is 0 Å². The fourth-order valence-corrected chi connectivity index (χ4v) is 2.41. The molecule has 1 aliphatic rings. The van der Waals surface area contributed by atoms with E-state index in [4.69, 9.17) is 5.73 Å². The smallest absolute Gasteiger partial charge is 0.251 e. The molecule has 1 aromatic carbocycles. The minimum Gasteiger partial charge on any atom is -0.348 e. The van der Waals surface area contributed by atoms with Crippen LogP contribution in [0.4, 0.5) is 5.69 Å². The molecule has 20 heavy (non-hydrogen) atoms. The topological polar surface area (TPSA) is 84.2 Å². The van der Waals surface area contributed by atoms with Crippen molar-refractivity contribution < 1.29 is 9.59 Å². The SMILES string of the molecule is CC(C)CC(CN)NC(=O)c1ccc2c(c1)NC(=O)C2. The van der Waals surface area contributed by atoms with Crippen LogP contribution in [0.3, 0.4) is 0 Å². The summed E-state index contributed by atoms with van der Waals surface area (Å²) in [7, 11) is 0. The maximum absolute atomic E-state index is 12.2. The molecule has 0 bridgehead atoms. The molecule has 5 heteroatoms. The second-order valence-electron chi connectivity index (χ2n) is 5.63. The van der Waals surface area contributed by atoms with Gasteiger partial charge in [-0.25, -0.2) is 0 Å². The fourth-order valence-electron chi connectivity index (χ4n) is 2.41. The number of carbonyl (C=O) groups excluding carboxylic acids is 2. The first-order valence-corrected chi connectivity index (χ1v) is 6.93. The number of amides is 2. The molecule has 0 aromatic heterocycles. The highest BCUT2D eigenvalue weighted by Gasteiger charge is 2.20. The van der Waals surface area contributed by atoms with E-state index in [9.17, 15) is 9.59 Å². The Morgan fingerprint density at radius 1 is 1.45 bits per heavy atom. The van der Waals surface area contributed by atoms with Gasteiger partial charge in [-0.1, -0.05) is 19.9 Å². The van der Waals surface area contributed by atoms with Crippen molar-refractivity contribution in [2.75, 3.05) is 11.9 Å². The van der Waals surface area contributed by atoms with Crippen LogP contribution >= 0.6 is 0 Å². The van der Waals surface area contributed by atoms with E-state index in [1.807, 2.05) is 6.07 Å². The second kappa shape index (κ2) is 6.05. The number of nitrogens with one attached hydrogen (secondary N) is 2. The standard InChI is InChI=1S/C15H21N3O2/c1-9(2)5-12(8-16)17-15(20)11-4-3-10-7-14(19)18-13(10)6-11/h3-4,6,9,12H,5,7-8,16H2,1-2H3,(H,17,20)(H,18,19). The van der Waals surface area contributed by atoms with Crippen molar-refractivity contribution in [1.82, 2.24) is 5.32 Å². The van der Waals surface area contributed by atoms with Gasteiger partial charge in [0.1, 0.15) is 0 Å². The summed E-state index contributed by atoms with van der Waals surface area (Å²) in [5.74, 6) is 0.297. The number of benzene rings is 1. The van der Waals surface area contributed by atoms with E-state index in [1.165, 1.54) is 0 Å². The second-order valence-corrected chi connectivity index (χ2v) is 5.63. The number of fused-ring (bicyclic) bond motifs is 1. The van der Waals surface area contributed by atoms with Gasteiger partial charge >= 0.3 is 0 Å². The van der Waals surface area contributed by atoms with Crippen LogP contribution in [0.5, 0.6) is 0 Å². The molecule has 1 heterocycles. The Labute approximate surface area is 118 Å². The average molecular weight is 275 g/mol. The molecule has 0 saturated heterocycles. The van der Waals surface area contributed by atoms with Gasteiger partial charge < -0.3 is 16.4 Å². The molecule has 1 aliphatic heterocycles. The van der Waals surface area contributed by atoms with E-state index in [2.05, 4.69) is 24.5 Å². The van der Waals surface area contributed by atoms with Crippen LogP contribution in [-0.4, -0.2) is 24.4 Å². The largest absolute Gasteiger partial charge is 0.348 e. The summed E-state index contributed by atoms with van der Waals surface area (Å²) in [6.45, 7) is 4.62. The third-order valence-corrected chi connectivity index (χ3v) is 3.37. The summed E-state index contributed by atoms with van der Waals surface area (Å²) in [6, 6.07) is 5.27. The lowest BCUT2D eigenvalue weighted by molar-refractivity contribution is -0.115. The summed E-state index contributed by atoms with van der Waals surface area (Å²) < 4.78 is 0. The molecule has 0 fully saturated rings. The molecule has 1 aromatic rings. The number of hydrogen-bond acceptors (Lipinski definition) is 3. The zero-order valence-electron chi connectivity index (χ0n) is 11.9. The summed E-state index contributed by atoms with van der Waals surface area (Å²) in [5, 5.41) is 5.69. The third-order valence-electron chi connectivity index (χ3n) is 3.37. The molecular formula is C15H21N3O2. The van der Waals surface area contributed by atoms with Gasteiger partial charge in [0.05, 0.1) is 6.42 Å². The Morgan fingerprint density at radius 3 is 2.85 bits per heavy atom. The van der Waals surface area contributed by atoms with Gasteiger partial charge in [-0.15, -0.1) is 0 Å². The number of rotatable bonds is 5. The van der Waals surface area contributed by atoms with Crippen LogP contribution in [-0.2, 0) is 11.2 Å². The van der Waals surface area contributed by atoms with E-state index in [0.29, 0.717) is 24.4 Å². The lowest BCUT2D eigenvalue weighted by Gasteiger charge is -2.19. The minimum atomic E-state index is -0.148. The summed E-state index contributed by atoms with van der Waals surface area (Å²) in [5.41, 5.74) is 7.90. The van der Waals surface area contributed by atoms with Gasteiger partial charge in [0, 0.05) is 23.8 Å². The maximum atomic E-state index is 12.2. The highest BCUT2D eigenvalue weighted by molar-refractivity contribution is 6.02. The molecule has 5 nitrogen and oxygen atoms in total. The molecule has 4 N–H and O–H groups in total. The van der Waals surface area contributed by atoms with Crippen LogP contribution in [0.1, 0.15) is 36.2 Å². The molecule has 0 aliphatic carbocycles. The average Bonchev–Trinajstić information content (AvgIpc) is 2.76. The molecule has 2 amide bonds. The van der Waals surface area contributed by atoms with Crippen molar-refractivity contribution in [2.45, 2.75) is 32.7 Å². The number of nitrogens with two attached hydrogens (primary N) is 1. The predicted molar refractivity (Wildman–Crippen MR) is 78.5 cm³/mol. The maximum Gasteiger partial charge on any atom is 0.251 e. The molecule has 1 unspecified atom stereocenters. The van der Waals surface area contributed by atoms with Gasteiger partial charge in [0.25, 0.3) is 5.91 Å². The van der Waals surface area contributed by atoms with E-state index >= 15 is 0 Å². The first-order valence-electron chi connectivity index (χ1n) is 6.93. The Bertz CT molecular complexity index is 526. The Hall–Kier alpha value is -1.88. The van der Waals surface area contributed by atoms with Crippen LogP contribution in [0.15, 0.2) is 18.2 Å². The number of hydrogen-bond donors (Lipinski definition) is 3. The lowest BCUT2D eigenvalue weighted by Crippen LogP contribution is -2.41. The van der Waals surface area contributed by atoms with Crippen LogP contribution in [0.2, 0.25) is 0 Å². The van der Waals surface area contributed by atoms with Gasteiger partial charge in [-0.2, -0.15) is 0 Å². The summed E-state index contributed by atoms with van der Waals surface area (Å²) in [6.07, 6.45) is 1.24. The van der Waals surface area contributed by atoms with Crippen LogP contribution in [0.25, 0.3) is 0 Å². The highest BCUT2D eigenvalue weighted by atomic mass is 16.2. The van der Waals surface area contributed by atoms with Gasteiger partial charge in [0.15, 0.2) is 0 Å². The molecule has 0 spiro atoms. The Morgan fingerprint density at radius 2 is 2.20 bits per heavy atom. The predicted octanol–water partition coefficient (Wildman–Crippen LogP) is 1.28. The molecule has 2 rings (SSSR count). The van der Waals surface area contributed by atoms with Crippen molar-refractivity contribution in [3.63, 3.8) is 0 Å². The molecular weight excluding hydrogens is 254 g/mol. The monoisotopic (exact) mass is 275 g/mol. The molecule has 1 atom stereocenters. The zero-order valence-corrected chi connectivity index (χ0v) is 11.9. The first-order chi connectivity index (χ1) is 9.49. The Kier molecular flexibility index (Phi) is 4.39. The van der Waals surface area contributed by atoms with E-state index in [-0.39, 0.29) is 17.9 Å². The van der Waals surface area contributed by atoms with E-state index in [1.54, 1.807) is 12.1 Å². The number of anilines is 1. The zero-order chi connectivity index (χ0) is 14.7. The quantitative estimate of drug-likeness (QED) is 0.757. The molecule has 0 radical (unpaired) electrons. The lowest BCUT2D eigenvalue weighted by atomic mass is 10.0. The van der Waals surface area contributed by atoms with Gasteiger partial charge in [0.2, 0.25) is 5.91 Å². The highest BCUT2D eigenvalue weighted by Crippen LogP contribution is 2.24. The Balaban J connectivity index is 2.06. The molecule has 108 valence electrons. The van der Waals surface area contributed by atoms with Crippen LogP contribution < -0.4 is 16.4 Å². The van der Waals surface area contributed by atoms with Crippen molar-refractivity contribution in [2.24, 2.45) is 11.7 Å². The van der Waals surface area contributed by atoms with Gasteiger partial charge in [-0.05, 0) is 30.0 Å². The molecule has 0 saturated carbocycles. The van der Waals surface area contributed by atoms with Crippen molar-refractivity contribution in [3.05, 3.63) is 29.3 Å². The van der Waals surface area contributed by atoms with Gasteiger partial charge in [-0.3, -0.25) is 9.59 Å². The first kappa shape index (κ1) is 14.5.